The molecule has 0 amide bonds. The van der Waals surface area contributed by atoms with Crippen molar-refractivity contribution in [3.8, 4) is 0 Å². The maximum atomic E-state index is 4.43. The summed E-state index contributed by atoms with van der Waals surface area (Å²) in [5.41, 5.74) is 4.93. The molecule has 0 bridgehead atoms. The molecule has 6 heteroatoms. The Morgan fingerprint density at radius 1 is 1.04 bits per heavy atom. The van der Waals surface area contributed by atoms with Gasteiger partial charge in [-0.25, -0.2) is 4.98 Å². The molecule has 5 nitrogen and oxygen atoms in total. The van der Waals surface area contributed by atoms with Crippen LogP contribution in [0.15, 0.2) is 59.9 Å². The van der Waals surface area contributed by atoms with E-state index in [1.807, 2.05) is 25.5 Å². The molecule has 0 unspecified atom stereocenters. The molecule has 1 heterocycles. The summed E-state index contributed by atoms with van der Waals surface area (Å²) in [4.78, 5) is 8.75. The average Bonchev–Trinajstić information content (AvgIpc) is 3.11. The highest BCUT2D eigenvalue weighted by molar-refractivity contribution is 14.0. The lowest BCUT2D eigenvalue weighted by molar-refractivity contribution is 0.637. The number of aromatic nitrogens is 2. The number of rotatable bonds is 7. The Hall–Kier alpha value is -2.09. The molecule has 3 rings (SSSR count). The van der Waals surface area contributed by atoms with Crippen LogP contribution in [0.4, 0.5) is 0 Å². The highest BCUT2D eigenvalue weighted by Gasteiger charge is 2.03. The second-order valence-corrected chi connectivity index (χ2v) is 6.26. The minimum atomic E-state index is 0. The highest BCUT2D eigenvalue weighted by Crippen LogP contribution is 2.12. The summed E-state index contributed by atoms with van der Waals surface area (Å²) in [5, 5.41) is 6.80. The molecule has 3 aromatic rings. The van der Waals surface area contributed by atoms with Crippen LogP contribution in [0.1, 0.15) is 24.5 Å². The number of para-hydroxylation sites is 2. The molecule has 0 saturated carbocycles. The van der Waals surface area contributed by atoms with E-state index in [4.69, 9.17) is 0 Å². The standard InChI is InChI=1S/C21H27N5.HI/c1-3-17-9-4-5-10-18(17)15-24-21(22-2)23-13-8-14-26-16-25-19-11-6-7-12-20(19)26;/h4-7,9-12,16H,3,8,13-15H2,1-2H3,(H2,22,23,24);1H. The van der Waals surface area contributed by atoms with Gasteiger partial charge in [0.05, 0.1) is 17.4 Å². The number of hydrogen-bond acceptors (Lipinski definition) is 2. The van der Waals surface area contributed by atoms with Crippen molar-refractivity contribution in [2.75, 3.05) is 13.6 Å². The van der Waals surface area contributed by atoms with Crippen LogP contribution >= 0.6 is 24.0 Å². The van der Waals surface area contributed by atoms with Gasteiger partial charge in [-0.15, -0.1) is 24.0 Å². The van der Waals surface area contributed by atoms with E-state index >= 15 is 0 Å². The number of aliphatic imine (C=N–C) groups is 1. The molecule has 0 aliphatic heterocycles. The topological polar surface area (TPSA) is 54.2 Å². The van der Waals surface area contributed by atoms with Crippen LogP contribution < -0.4 is 10.6 Å². The Morgan fingerprint density at radius 2 is 1.78 bits per heavy atom. The van der Waals surface area contributed by atoms with Crippen LogP contribution in [0, 0.1) is 0 Å². The molecule has 0 saturated heterocycles. The van der Waals surface area contributed by atoms with Gasteiger partial charge in [-0.2, -0.15) is 0 Å². The lowest BCUT2D eigenvalue weighted by atomic mass is 10.1. The van der Waals surface area contributed by atoms with E-state index in [9.17, 15) is 0 Å². The van der Waals surface area contributed by atoms with E-state index in [1.54, 1.807) is 0 Å². The third-order valence-electron chi connectivity index (χ3n) is 4.56. The van der Waals surface area contributed by atoms with Crippen LogP contribution in [0.25, 0.3) is 11.0 Å². The lowest BCUT2D eigenvalue weighted by Gasteiger charge is -2.14. The Morgan fingerprint density at radius 3 is 2.56 bits per heavy atom. The summed E-state index contributed by atoms with van der Waals surface area (Å²) < 4.78 is 2.20. The quantitative estimate of drug-likeness (QED) is 0.234. The van der Waals surface area contributed by atoms with E-state index in [2.05, 4.69) is 68.5 Å². The largest absolute Gasteiger partial charge is 0.356 e. The fraction of sp³-hybridized carbons (Fsp3) is 0.333. The first-order chi connectivity index (χ1) is 12.8. The van der Waals surface area contributed by atoms with Gasteiger partial charge in [-0.1, -0.05) is 43.3 Å². The summed E-state index contributed by atoms with van der Waals surface area (Å²) in [6.07, 6.45) is 3.97. The third-order valence-corrected chi connectivity index (χ3v) is 4.56. The molecule has 0 aliphatic rings. The fourth-order valence-electron chi connectivity index (χ4n) is 3.12. The van der Waals surface area contributed by atoms with E-state index < -0.39 is 0 Å². The summed E-state index contributed by atoms with van der Waals surface area (Å²) in [5.74, 6) is 0.839. The van der Waals surface area contributed by atoms with E-state index in [0.29, 0.717) is 0 Å². The molecule has 27 heavy (non-hydrogen) atoms. The summed E-state index contributed by atoms with van der Waals surface area (Å²) >= 11 is 0. The van der Waals surface area contributed by atoms with Gasteiger partial charge >= 0.3 is 0 Å². The number of aryl methyl sites for hydroxylation is 2. The highest BCUT2D eigenvalue weighted by atomic mass is 127. The van der Waals surface area contributed by atoms with Crippen molar-refractivity contribution < 1.29 is 0 Å². The third kappa shape index (κ3) is 5.69. The first-order valence-electron chi connectivity index (χ1n) is 9.23. The molecule has 0 fully saturated rings. The predicted octanol–water partition coefficient (Wildman–Crippen LogP) is 3.97. The molecule has 2 N–H and O–H groups in total. The van der Waals surface area contributed by atoms with Gasteiger partial charge in [0.1, 0.15) is 0 Å². The number of halogens is 1. The van der Waals surface area contributed by atoms with Crippen LogP contribution in [0.5, 0.6) is 0 Å². The Kier molecular flexibility index (Phi) is 8.57. The number of imidazole rings is 1. The number of guanidine groups is 1. The molecular formula is C21H28IN5. The van der Waals surface area contributed by atoms with Crippen LogP contribution in [-0.4, -0.2) is 29.1 Å². The molecule has 1 aromatic heterocycles. The van der Waals surface area contributed by atoms with Crippen LogP contribution in [0.3, 0.4) is 0 Å². The maximum absolute atomic E-state index is 4.43. The van der Waals surface area contributed by atoms with Gasteiger partial charge in [0.25, 0.3) is 0 Å². The fourth-order valence-corrected chi connectivity index (χ4v) is 3.12. The predicted molar refractivity (Wildman–Crippen MR) is 124 cm³/mol. The second kappa shape index (κ2) is 10.9. The van der Waals surface area contributed by atoms with Gasteiger partial charge in [-0.3, -0.25) is 4.99 Å². The molecule has 0 aliphatic carbocycles. The minimum absolute atomic E-state index is 0. The SMILES string of the molecule is CCc1ccccc1CNC(=NC)NCCCn1cnc2ccccc21.I. The van der Waals surface area contributed by atoms with Crippen molar-refractivity contribution in [2.45, 2.75) is 32.9 Å². The summed E-state index contributed by atoms with van der Waals surface area (Å²) in [7, 11) is 1.81. The summed E-state index contributed by atoms with van der Waals surface area (Å²) in [6, 6.07) is 16.8. The van der Waals surface area contributed by atoms with Crippen LogP contribution in [-0.2, 0) is 19.5 Å². The van der Waals surface area contributed by atoms with Gasteiger partial charge in [0.15, 0.2) is 5.96 Å². The van der Waals surface area contributed by atoms with Crippen molar-refractivity contribution in [3.05, 3.63) is 66.0 Å². The van der Waals surface area contributed by atoms with Crippen molar-refractivity contribution in [1.82, 2.24) is 20.2 Å². The number of benzene rings is 2. The first kappa shape index (κ1) is 21.2. The van der Waals surface area contributed by atoms with Crippen molar-refractivity contribution >= 4 is 41.0 Å². The van der Waals surface area contributed by atoms with Crippen molar-refractivity contribution in [2.24, 2.45) is 4.99 Å². The molecule has 144 valence electrons. The average molecular weight is 477 g/mol. The molecular weight excluding hydrogens is 449 g/mol. The molecule has 0 radical (unpaired) electrons. The maximum Gasteiger partial charge on any atom is 0.191 e. The van der Waals surface area contributed by atoms with Crippen molar-refractivity contribution in [3.63, 3.8) is 0 Å². The zero-order valence-electron chi connectivity index (χ0n) is 16.0. The number of hydrogen-bond donors (Lipinski definition) is 2. The van der Waals surface area contributed by atoms with Gasteiger partial charge in [-0.05, 0) is 36.1 Å². The Balaban J connectivity index is 0.00000261. The van der Waals surface area contributed by atoms with Crippen molar-refractivity contribution in [1.29, 1.82) is 0 Å². The van der Waals surface area contributed by atoms with E-state index in [0.717, 1.165) is 44.0 Å². The number of fused-ring (bicyclic) bond motifs is 1. The Labute approximate surface area is 178 Å². The minimum Gasteiger partial charge on any atom is -0.356 e. The molecule has 0 atom stereocenters. The second-order valence-electron chi connectivity index (χ2n) is 6.26. The number of nitrogens with zero attached hydrogens (tertiary/aromatic N) is 3. The number of nitrogens with one attached hydrogen (secondary N) is 2. The van der Waals surface area contributed by atoms with Gasteiger partial charge in [0, 0.05) is 26.7 Å². The van der Waals surface area contributed by atoms with Gasteiger partial charge in [0.2, 0.25) is 0 Å². The van der Waals surface area contributed by atoms with E-state index in [1.165, 1.54) is 16.6 Å². The first-order valence-corrected chi connectivity index (χ1v) is 9.23. The smallest absolute Gasteiger partial charge is 0.191 e. The zero-order chi connectivity index (χ0) is 18.2. The van der Waals surface area contributed by atoms with E-state index in [-0.39, 0.29) is 24.0 Å². The lowest BCUT2D eigenvalue weighted by Crippen LogP contribution is -2.37. The Bertz CT molecular complexity index is 872. The summed E-state index contributed by atoms with van der Waals surface area (Å²) in [6.45, 7) is 4.77. The van der Waals surface area contributed by atoms with Crippen LogP contribution in [0.2, 0.25) is 0 Å². The monoisotopic (exact) mass is 477 g/mol. The zero-order valence-corrected chi connectivity index (χ0v) is 18.3. The normalized spacial score (nSPS) is 11.3. The molecule has 0 spiro atoms. The molecule has 2 aromatic carbocycles. The van der Waals surface area contributed by atoms with Gasteiger partial charge < -0.3 is 15.2 Å².